The first-order valence-corrected chi connectivity index (χ1v) is 12.0. The Morgan fingerprint density at radius 3 is 1.97 bits per heavy atom. The number of amides is 2. The molecule has 0 fully saturated rings. The fraction of sp³-hybridized carbons (Fsp3) is 0.286. The molecule has 1 atom stereocenters. The average molecular weight is 497 g/mol. The van der Waals surface area contributed by atoms with Crippen LogP contribution >= 0.6 is 23.2 Å². The zero-order valence-corrected chi connectivity index (χ0v) is 21.2. The van der Waals surface area contributed by atoms with Gasteiger partial charge in [-0.25, -0.2) is 0 Å². The highest BCUT2D eigenvalue weighted by atomic mass is 35.5. The molecule has 0 aromatic heterocycles. The first kappa shape index (κ1) is 25.8. The van der Waals surface area contributed by atoms with E-state index in [0.717, 1.165) is 16.7 Å². The summed E-state index contributed by atoms with van der Waals surface area (Å²) in [6.45, 7) is 6.02. The van der Waals surface area contributed by atoms with E-state index < -0.39 is 11.6 Å². The van der Waals surface area contributed by atoms with Gasteiger partial charge in [-0.2, -0.15) is 0 Å². The Morgan fingerprint density at radius 1 is 0.824 bits per heavy atom. The van der Waals surface area contributed by atoms with Gasteiger partial charge in [-0.05, 0) is 49.6 Å². The van der Waals surface area contributed by atoms with Crippen molar-refractivity contribution < 1.29 is 9.59 Å². The molecule has 2 amide bonds. The van der Waals surface area contributed by atoms with Gasteiger partial charge in [0.25, 0.3) is 0 Å². The molecule has 0 aliphatic carbocycles. The zero-order valence-electron chi connectivity index (χ0n) is 19.7. The van der Waals surface area contributed by atoms with E-state index >= 15 is 0 Å². The van der Waals surface area contributed by atoms with Gasteiger partial charge in [0.2, 0.25) is 11.8 Å². The van der Waals surface area contributed by atoms with E-state index in [1.54, 1.807) is 17.0 Å². The van der Waals surface area contributed by atoms with Crippen molar-refractivity contribution in [3.8, 4) is 0 Å². The second-order valence-corrected chi connectivity index (χ2v) is 10.2. The van der Waals surface area contributed by atoms with E-state index in [4.69, 9.17) is 23.2 Å². The van der Waals surface area contributed by atoms with Gasteiger partial charge < -0.3 is 10.2 Å². The van der Waals surface area contributed by atoms with E-state index in [1.165, 1.54) is 0 Å². The van der Waals surface area contributed by atoms with Crippen LogP contribution in [0.2, 0.25) is 10.0 Å². The lowest BCUT2D eigenvalue weighted by Crippen LogP contribution is -2.54. The monoisotopic (exact) mass is 496 g/mol. The van der Waals surface area contributed by atoms with Gasteiger partial charge in [-0.3, -0.25) is 9.59 Å². The van der Waals surface area contributed by atoms with Crippen molar-refractivity contribution in [2.45, 2.75) is 51.7 Å². The largest absolute Gasteiger partial charge is 0.350 e. The van der Waals surface area contributed by atoms with Gasteiger partial charge in [0.15, 0.2) is 0 Å². The van der Waals surface area contributed by atoms with E-state index in [-0.39, 0.29) is 24.8 Å². The zero-order chi connectivity index (χ0) is 24.7. The molecule has 6 heteroatoms. The highest BCUT2D eigenvalue weighted by molar-refractivity contribution is 6.42. The maximum Gasteiger partial charge on any atom is 0.243 e. The van der Waals surface area contributed by atoms with Crippen LogP contribution in [0.5, 0.6) is 0 Å². The third-order valence-corrected chi connectivity index (χ3v) is 6.04. The molecule has 4 nitrogen and oxygen atoms in total. The molecule has 3 rings (SSSR count). The predicted octanol–water partition coefficient (Wildman–Crippen LogP) is 6.09. The van der Waals surface area contributed by atoms with Crippen LogP contribution in [0.1, 0.15) is 37.5 Å². The summed E-state index contributed by atoms with van der Waals surface area (Å²) in [4.78, 5) is 28.8. The molecule has 0 aliphatic rings. The number of hydrogen-bond donors (Lipinski definition) is 1. The molecule has 0 bridgehead atoms. The van der Waals surface area contributed by atoms with Crippen molar-refractivity contribution in [3.05, 3.63) is 106 Å². The van der Waals surface area contributed by atoms with Crippen molar-refractivity contribution in [2.24, 2.45) is 0 Å². The summed E-state index contributed by atoms with van der Waals surface area (Å²) in [6, 6.07) is 23.9. The number of hydrogen-bond acceptors (Lipinski definition) is 2. The minimum Gasteiger partial charge on any atom is -0.350 e. The standard InChI is InChI=1S/C28H30Cl2N2O2/c1-28(2,3)31-27(34)25(17-20-10-6-4-7-11-20)32(19-22-14-15-23(29)24(30)16-22)26(33)18-21-12-8-5-9-13-21/h4-16,25H,17-19H2,1-3H3,(H,31,34)/t25-/m0/s1. The van der Waals surface area contributed by atoms with E-state index in [2.05, 4.69) is 5.32 Å². The fourth-order valence-corrected chi connectivity index (χ4v) is 4.03. The SMILES string of the molecule is CC(C)(C)NC(=O)[C@H](Cc1ccccc1)N(Cc1ccc(Cl)c(Cl)c1)C(=O)Cc1ccccc1. The summed E-state index contributed by atoms with van der Waals surface area (Å²) < 4.78 is 0. The minimum atomic E-state index is -0.702. The lowest BCUT2D eigenvalue weighted by molar-refractivity contribution is -0.141. The van der Waals surface area contributed by atoms with Crippen LogP contribution in [0.3, 0.4) is 0 Å². The summed E-state index contributed by atoms with van der Waals surface area (Å²) in [5.41, 5.74) is 2.23. The van der Waals surface area contributed by atoms with E-state index in [1.807, 2.05) is 87.5 Å². The molecule has 0 spiro atoms. The molecule has 0 saturated carbocycles. The Bertz CT molecular complexity index is 1110. The van der Waals surface area contributed by atoms with Crippen LogP contribution in [-0.4, -0.2) is 28.3 Å². The van der Waals surface area contributed by atoms with Crippen LogP contribution in [-0.2, 0) is 29.0 Å². The molecule has 3 aromatic carbocycles. The van der Waals surface area contributed by atoms with Crippen LogP contribution in [0.25, 0.3) is 0 Å². The minimum absolute atomic E-state index is 0.137. The average Bonchev–Trinajstić information content (AvgIpc) is 2.78. The summed E-state index contributed by atoms with van der Waals surface area (Å²) in [7, 11) is 0. The first-order valence-electron chi connectivity index (χ1n) is 11.3. The van der Waals surface area contributed by atoms with Gasteiger partial charge in [-0.1, -0.05) is 89.9 Å². The molecule has 178 valence electrons. The molecular weight excluding hydrogens is 467 g/mol. The van der Waals surface area contributed by atoms with Gasteiger partial charge in [-0.15, -0.1) is 0 Å². The lowest BCUT2D eigenvalue weighted by Gasteiger charge is -2.34. The Balaban J connectivity index is 1.99. The Kier molecular flexibility index (Phi) is 8.76. The van der Waals surface area contributed by atoms with Gasteiger partial charge >= 0.3 is 0 Å². The molecule has 0 radical (unpaired) electrons. The maximum atomic E-state index is 13.7. The second kappa shape index (κ2) is 11.5. The van der Waals surface area contributed by atoms with Crippen LogP contribution in [0.15, 0.2) is 78.9 Å². The summed E-state index contributed by atoms with van der Waals surface area (Å²) in [5.74, 6) is -0.333. The lowest BCUT2D eigenvalue weighted by atomic mass is 10.00. The maximum absolute atomic E-state index is 13.7. The van der Waals surface area contributed by atoms with E-state index in [9.17, 15) is 9.59 Å². The normalized spacial score (nSPS) is 12.1. The molecule has 1 N–H and O–H groups in total. The first-order chi connectivity index (χ1) is 16.1. The Hall–Kier alpha value is -2.82. The molecule has 0 heterocycles. The summed E-state index contributed by atoms with van der Waals surface area (Å²) in [6.07, 6.45) is 0.584. The highest BCUT2D eigenvalue weighted by Crippen LogP contribution is 2.25. The molecule has 0 saturated heterocycles. The van der Waals surface area contributed by atoms with Gasteiger partial charge in [0.1, 0.15) is 6.04 Å². The van der Waals surface area contributed by atoms with Crippen molar-refractivity contribution in [1.82, 2.24) is 10.2 Å². The van der Waals surface area contributed by atoms with E-state index in [0.29, 0.717) is 16.5 Å². The number of halogens is 2. The number of carbonyl (C=O) groups excluding carboxylic acids is 2. The molecule has 34 heavy (non-hydrogen) atoms. The molecule has 0 unspecified atom stereocenters. The fourth-order valence-electron chi connectivity index (χ4n) is 3.71. The second-order valence-electron chi connectivity index (χ2n) is 9.38. The topological polar surface area (TPSA) is 49.4 Å². The van der Waals surface area contributed by atoms with Gasteiger partial charge in [0.05, 0.1) is 16.5 Å². The van der Waals surface area contributed by atoms with Crippen molar-refractivity contribution in [2.75, 3.05) is 0 Å². The third kappa shape index (κ3) is 7.61. The van der Waals surface area contributed by atoms with Gasteiger partial charge in [0, 0.05) is 18.5 Å². The summed E-state index contributed by atoms with van der Waals surface area (Å²) in [5, 5.41) is 3.92. The van der Waals surface area contributed by atoms with Crippen LogP contribution in [0, 0.1) is 0 Å². The highest BCUT2D eigenvalue weighted by Gasteiger charge is 2.32. The molecule has 0 aliphatic heterocycles. The smallest absolute Gasteiger partial charge is 0.243 e. The molecule has 3 aromatic rings. The third-order valence-electron chi connectivity index (χ3n) is 5.30. The number of nitrogens with one attached hydrogen (secondary N) is 1. The number of nitrogens with zero attached hydrogens (tertiary/aromatic N) is 1. The van der Waals surface area contributed by atoms with Crippen LogP contribution < -0.4 is 5.32 Å². The Morgan fingerprint density at radius 2 is 1.41 bits per heavy atom. The quantitative estimate of drug-likeness (QED) is 0.410. The van der Waals surface area contributed by atoms with Crippen molar-refractivity contribution in [1.29, 1.82) is 0 Å². The van der Waals surface area contributed by atoms with Crippen molar-refractivity contribution >= 4 is 35.0 Å². The number of rotatable bonds is 8. The van der Waals surface area contributed by atoms with Crippen molar-refractivity contribution in [3.63, 3.8) is 0 Å². The number of benzene rings is 3. The Labute approximate surface area is 211 Å². The molecular formula is C28H30Cl2N2O2. The number of carbonyl (C=O) groups is 2. The van der Waals surface area contributed by atoms with Crippen LogP contribution in [0.4, 0.5) is 0 Å². The summed E-state index contributed by atoms with van der Waals surface area (Å²) >= 11 is 12.4. The predicted molar refractivity (Wildman–Crippen MR) is 139 cm³/mol.